The number of hydrogen-bond acceptors (Lipinski definition) is 9. The Kier molecular flexibility index (Phi) is 5.36. The van der Waals surface area contributed by atoms with Crippen LogP contribution in [-0.2, 0) is 16.4 Å². The molecule has 11 heteroatoms. The Labute approximate surface area is 210 Å². The molecule has 0 radical (unpaired) electrons. The minimum atomic E-state index is -4.40. The second-order valence-electron chi connectivity index (χ2n) is 6.86. The highest BCUT2D eigenvalue weighted by Gasteiger charge is 2.25. The van der Waals surface area contributed by atoms with Crippen LogP contribution in [0.2, 0.25) is 0 Å². The predicted molar refractivity (Wildman–Crippen MR) is 129 cm³/mol. The number of nitrogens with one attached hydrogen (secondary N) is 1. The third-order valence-corrected chi connectivity index (χ3v) is 5.92. The van der Waals surface area contributed by atoms with Crippen LogP contribution >= 0.6 is 0 Å². The second kappa shape index (κ2) is 10.3. The molecule has 3 heterocycles. The molecule has 0 aliphatic heterocycles. The van der Waals surface area contributed by atoms with Crippen LogP contribution in [-0.4, -0.2) is 42.5 Å². The molecule has 180 valence electrons. The van der Waals surface area contributed by atoms with Gasteiger partial charge in [0.2, 0.25) is 5.75 Å². The molecule has 10 nitrogen and oxygen atoms in total. The van der Waals surface area contributed by atoms with Crippen molar-refractivity contribution >= 4 is 15.8 Å². The summed E-state index contributed by atoms with van der Waals surface area (Å²) in [7, 11) is -5.90. The first kappa shape index (κ1) is 18.1. The summed E-state index contributed by atoms with van der Waals surface area (Å²) in [6.07, 6.45) is 2.39. The van der Waals surface area contributed by atoms with Gasteiger partial charge in [0.05, 0.1) is 18.3 Å². The summed E-state index contributed by atoms with van der Waals surface area (Å²) in [5.74, 6) is -0.969. The van der Waals surface area contributed by atoms with E-state index in [1.807, 2.05) is 0 Å². The van der Waals surface area contributed by atoms with Gasteiger partial charge in [0.15, 0.2) is 28.2 Å². The Bertz CT molecular complexity index is 1600. The van der Waals surface area contributed by atoms with Crippen molar-refractivity contribution in [3.63, 3.8) is 0 Å². The highest BCUT2D eigenvalue weighted by Crippen LogP contribution is 2.41. The Morgan fingerprint density at radius 2 is 1.80 bits per heavy atom. The standard InChI is InChI=1S/C24H23N5O5S/c1-4-16-9-10-20(26-15-16)35(30,31)29-23-21(34-19-8-6-5-7-18(19)32-2)24(33-3)28-22(27-23)17-11-13-25-14-12-17/h5-15H,4H2,1-3H3,(H,27,28,29)/i2D3,4D2. The van der Waals surface area contributed by atoms with Gasteiger partial charge in [-0.1, -0.05) is 25.1 Å². The molecular formula is C24H23N5O5S. The molecule has 0 amide bonds. The van der Waals surface area contributed by atoms with Crippen LogP contribution in [0, 0.1) is 0 Å². The number of ether oxygens (including phenoxy) is 3. The molecule has 0 aliphatic rings. The van der Waals surface area contributed by atoms with E-state index in [4.69, 9.17) is 21.1 Å². The maximum Gasteiger partial charge on any atom is 0.280 e. The molecule has 0 saturated heterocycles. The molecule has 1 aromatic carbocycles. The lowest BCUT2D eigenvalue weighted by Crippen LogP contribution is -2.17. The zero-order chi connectivity index (χ0) is 29.1. The molecule has 4 aromatic rings. The SMILES string of the molecule is [2H]C([2H])([2H])Oc1ccccc1Oc1c(NS(=O)(=O)c2ccc(C([2H])([2H])C)cn2)nc(-c2ccncc2)nc1OC. The van der Waals surface area contributed by atoms with Crippen LogP contribution in [0.25, 0.3) is 11.4 Å². The van der Waals surface area contributed by atoms with Crippen molar-refractivity contribution in [3.05, 3.63) is 72.7 Å². The molecule has 0 fully saturated rings. The zero-order valence-corrected chi connectivity index (χ0v) is 19.4. The van der Waals surface area contributed by atoms with Crippen LogP contribution in [0.4, 0.5) is 5.82 Å². The largest absolute Gasteiger partial charge is 0.493 e. The van der Waals surface area contributed by atoms with E-state index in [2.05, 4.69) is 24.7 Å². The van der Waals surface area contributed by atoms with Crippen molar-refractivity contribution in [1.82, 2.24) is 19.9 Å². The number of para-hydroxylation sites is 2. The fourth-order valence-electron chi connectivity index (χ4n) is 2.95. The number of aromatic nitrogens is 4. The molecule has 0 saturated carbocycles. The van der Waals surface area contributed by atoms with E-state index in [1.54, 1.807) is 18.2 Å². The third kappa shape index (κ3) is 5.30. The first-order valence-electron chi connectivity index (χ1n) is 12.6. The van der Waals surface area contributed by atoms with E-state index < -0.39 is 28.5 Å². The lowest BCUT2D eigenvalue weighted by Gasteiger charge is -2.17. The van der Waals surface area contributed by atoms with Gasteiger partial charge in [-0.2, -0.15) is 13.4 Å². The molecule has 0 atom stereocenters. The smallest absolute Gasteiger partial charge is 0.280 e. The molecule has 35 heavy (non-hydrogen) atoms. The average Bonchev–Trinajstić information content (AvgIpc) is 2.89. The maximum absolute atomic E-state index is 13.3. The van der Waals surface area contributed by atoms with Crippen molar-refractivity contribution in [1.29, 1.82) is 0 Å². The topological polar surface area (TPSA) is 125 Å². The molecule has 4 rings (SSSR count). The fraction of sp³-hybridized carbons (Fsp3) is 0.167. The Morgan fingerprint density at radius 1 is 1.03 bits per heavy atom. The Morgan fingerprint density at radius 3 is 2.46 bits per heavy atom. The molecular weight excluding hydrogens is 470 g/mol. The van der Waals surface area contributed by atoms with Gasteiger partial charge in [0.1, 0.15) is 0 Å². The maximum atomic E-state index is 13.3. The van der Waals surface area contributed by atoms with E-state index in [0.29, 0.717) is 5.56 Å². The lowest BCUT2D eigenvalue weighted by molar-refractivity contribution is 0.348. The van der Waals surface area contributed by atoms with Crippen molar-refractivity contribution in [2.24, 2.45) is 0 Å². The molecule has 0 bridgehead atoms. The van der Waals surface area contributed by atoms with Gasteiger partial charge in [0.25, 0.3) is 15.9 Å². The second-order valence-corrected chi connectivity index (χ2v) is 8.49. The van der Waals surface area contributed by atoms with Crippen LogP contribution in [0.1, 0.15) is 19.3 Å². The van der Waals surface area contributed by atoms with Crippen LogP contribution < -0.4 is 18.9 Å². The van der Waals surface area contributed by atoms with Gasteiger partial charge in [-0.25, -0.2) is 9.97 Å². The molecule has 0 spiro atoms. The van der Waals surface area contributed by atoms with Crippen molar-refractivity contribution in [2.45, 2.75) is 18.3 Å². The van der Waals surface area contributed by atoms with Gasteiger partial charge >= 0.3 is 0 Å². The van der Waals surface area contributed by atoms with Crippen LogP contribution in [0.15, 0.2) is 72.1 Å². The summed E-state index contributed by atoms with van der Waals surface area (Å²) in [5.41, 5.74) is 0.670. The molecule has 3 aromatic heterocycles. The first-order valence-corrected chi connectivity index (χ1v) is 11.6. The molecule has 0 aliphatic carbocycles. The summed E-state index contributed by atoms with van der Waals surface area (Å²) in [6, 6.07) is 11.5. The quantitative estimate of drug-likeness (QED) is 0.363. The van der Waals surface area contributed by atoms with E-state index in [9.17, 15) is 8.42 Å². The van der Waals surface area contributed by atoms with Crippen molar-refractivity contribution in [2.75, 3.05) is 18.9 Å². The summed E-state index contributed by atoms with van der Waals surface area (Å²) in [4.78, 5) is 16.5. The molecule has 0 unspecified atom stereocenters. The van der Waals surface area contributed by atoms with E-state index in [0.717, 1.165) is 12.3 Å². The number of benzene rings is 1. The van der Waals surface area contributed by atoms with Gasteiger partial charge in [-0.3, -0.25) is 9.71 Å². The van der Waals surface area contributed by atoms with E-state index >= 15 is 0 Å². The summed E-state index contributed by atoms with van der Waals surface area (Å²) < 4.78 is 83.2. The molecule has 1 N–H and O–H groups in total. The van der Waals surface area contributed by atoms with Crippen LogP contribution in [0.3, 0.4) is 0 Å². The third-order valence-electron chi connectivity index (χ3n) is 4.67. The number of sulfonamides is 1. The van der Waals surface area contributed by atoms with Crippen molar-refractivity contribution < 1.29 is 29.5 Å². The fourth-order valence-corrected chi connectivity index (χ4v) is 3.89. The number of aryl methyl sites for hydroxylation is 1. The number of nitrogens with zero attached hydrogens (tertiary/aromatic N) is 4. The Hall–Kier alpha value is -4.25. The highest BCUT2D eigenvalue weighted by atomic mass is 32.2. The highest BCUT2D eigenvalue weighted by molar-refractivity contribution is 7.92. The summed E-state index contributed by atoms with van der Waals surface area (Å²) >= 11 is 0. The number of hydrogen-bond donors (Lipinski definition) is 1. The normalized spacial score (nSPS) is 13.9. The summed E-state index contributed by atoms with van der Waals surface area (Å²) in [6.45, 7) is 1.32. The van der Waals surface area contributed by atoms with Gasteiger partial charge < -0.3 is 14.2 Å². The van der Waals surface area contributed by atoms with Crippen LogP contribution in [0.5, 0.6) is 23.1 Å². The van der Waals surface area contributed by atoms with E-state index in [-0.39, 0.29) is 40.3 Å². The lowest BCUT2D eigenvalue weighted by atomic mass is 10.2. The Balaban J connectivity index is 1.83. The number of methoxy groups -OCH3 is 2. The minimum absolute atomic E-state index is 0.0683. The summed E-state index contributed by atoms with van der Waals surface area (Å²) in [5, 5.41) is -0.416. The number of rotatable bonds is 9. The first-order chi connectivity index (χ1) is 18.8. The predicted octanol–water partition coefficient (Wildman–Crippen LogP) is 4.11. The average molecular weight is 499 g/mol. The monoisotopic (exact) mass is 498 g/mol. The van der Waals surface area contributed by atoms with Gasteiger partial charge in [0, 0.05) is 26.9 Å². The number of anilines is 1. The van der Waals surface area contributed by atoms with Crippen molar-refractivity contribution in [3.8, 4) is 34.5 Å². The van der Waals surface area contributed by atoms with Gasteiger partial charge in [-0.05, 0) is 42.3 Å². The zero-order valence-electron chi connectivity index (χ0n) is 23.6. The van der Waals surface area contributed by atoms with Gasteiger partial charge in [-0.15, -0.1) is 0 Å². The minimum Gasteiger partial charge on any atom is -0.493 e. The van der Waals surface area contributed by atoms with E-state index in [1.165, 1.54) is 50.7 Å². The number of pyridine rings is 2.